The number of carbonyl (C=O) groups is 2. The second kappa shape index (κ2) is 6.58. The highest BCUT2D eigenvalue weighted by molar-refractivity contribution is 6.28. The monoisotopic (exact) mass is 323 g/mol. The van der Waals surface area contributed by atoms with Gasteiger partial charge >= 0.3 is 0 Å². The SMILES string of the molecule is COc1ccccc1/C(O)=C1/C(=O)CN(Cc2ccccc2)C1=O. The van der Waals surface area contributed by atoms with Gasteiger partial charge in [-0.15, -0.1) is 0 Å². The van der Waals surface area contributed by atoms with Gasteiger partial charge in [0.05, 0.1) is 19.2 Å². The summed E-state index contributed by atoms with van der Waals surface area (Å²) in [5.41, 5.74) is 1.07. The molecule has 3 rings (SSSR count). The summed E-state index contributed by atoms with van der Waals surface area (Å²) in [7, 11) is 1.47. The van der Waals surface area contributed by atoms with Crippen LogP contribution in [0.1, 0.15) is 11.1 Å². The molecule has 1 amide bonds. The van der Waals surface area contributed by atoms with E-state index in [0.717, 1.165) is 5.56 Å². The second-order valence-electron chi connectivity index (χ2n) is 5.49. The Kier molecular flexibility index (Phi) is 4.33. The number of aliphatic hydroxyl groups is 1. The number of methoxy groups -OCH3 is 1. The van der Waals surface area contributed by atoms with Crippen LogP contribution in [0.25, 0.3) is 5.76 Å². The van der Waals surface area contributed by atoms with Crippen LogP contribution in [0, 0.1) is 0 Å². The van der Waals surface area contributed by atoms with E-state index in [1.807, 2.05) is 30.3 Å². The lowest BCUT2D eigenvalue weighted by molar-refractivity contribution is -0.125. The Morgan fingerprint density at radius 3 is 2.46 bits per heavy atom. The van der Waals surface area contributed by atoms with Crippen molar-refractivity contribution >= 4 is 17.4 Å². The summed E-state index contributed by atoms with van der Waals surface area (Å²) in [6.45, 7) is 0.288. The van der Waals surface area contributed by atoms with Crippen LogP contribution in [0.4, 0.5) is 0 Å². The van der Waals surface area contributed by atoms with Crippen LogP contribution in [0.3, 0.4) is 0 Å². The Balaban J connectivity index is 1.93. The van der Waals surface area contributed by atoms with Crippen LogP contribution < -0.4 is 4.74 Å². The lowest BCUT2D eigenvalue weighted by Crippen LogP contribution is -2.25. The van der Waals surface area contributed by atoms with Gasteiger partial charge in [-0.2, -0.15) is 0 Å². The Morgan fingerprint density at radius 1 is 1.08 bits per heavy atom. The maximum atomic E-state index is 12.6. The average Bonchev–Trinajstić information content (AvgIpc) is 2.89. The van der Waals surface area contributed by atoms with E-state index in [4.69, 9.17) is 4.74 Å². The number of para-hydroxylation sites is 1. The minimum absolute atomic E-state index is 0.0394. The van der Waals surface area contributed by atoms with Crippen molar-refractivity contribution in [3.63, 3.8) is 0 Å². The van der Waals surface area contributed by atoms with Gasteiger partial charge < -0.3 is 14.7 Å². The number of hydrogen-bond donors (Lipinski definition) is 1. The summed E-state index contributed by atoms with van der Waals surface area (Å²) < 4.78 is 5.19. The molecular formula is C19H17NO4. The van der Waals surface area contributed by atoms with Crippen molar-refractivity contribution in [2.45, 2.75) is 6.54 Å². The van der Waals surface area contributed by atoms with E-state index in [2.05, 4.69) is 0 Å². The van der Waals surface area contributed by atoms with Crippen LogP contribution in [-0.2, 0) is 16.1 Å². The molecule has 0 unspecified atom stereocenters. The molecule has 1 N–H and O–H groups in total. The summed E-state index contributed by atoms with van der Waals surface area (Å²) in [6, 6.07) is 16.2. The molecule has 0 atom stereocenters. The Morgan fingerprint density at radius 2 is 1.75 bits per heavy atom. The number of rotatable bonds is 4. The fraction of sp³-hybridized carbons (Fsp3) is 0.158. The molecule has 1 heterocycles. The molecule has 0 aromatic heterocycles. The first-order valence-corrected chi connectivity index (χ1v) is 7.55. The third kappa shape index (κ3) is 2.88. The van der Waals surface area contributed by atoms with Gasteiger partial charge in [-0.05, 0) is 17.7 Å². The third-order valence-electron chi connectivity index (χ3n) is 3.93. The molecule has 2 aromatic carbocycles. The zero-order chi connectivity index (χ0) is 17.1. The number of aliphatic hydroxyl groups excluding tert-OH is 1. The van der Waals surface area contributed by atoms with E-state index in [1.165, 1.54) is 12.0 Å². The van der Waals surface area contributed by atoms with E-state index in [0.29, 0.717) is 17.9 Å². The predicted octanol–water partition coefficient (Wildman–Crippen LogP) is 2.58. The molecule has 24 heavy (non-hydrogen) atoms. The summed E-state index contributed by atoms with van der Waals surface area (Å²) in [6.07, 6.45) is 0. The molecule has 1 saturated heterocycles. The largest absolute Gasteiger partial charge is 0.506 e. The molecule has 1 fully saturated rings. The van der Waals surface area contributed by atoms with Gasteiger partial charge in [0.2, 0.25) is 0 Å². The molecule has 0 aliphatic carbocycles. The van der Waals surface area contributed by atoms with Crippen LogP contribution >= 0.6 is 0 Å². The summed E-state index contributed by atoms with van der Waals surface area (Å²) >= 11 is 0. The topological polar surface area (TPSA) is 66.8 Å². The molecular weight excluding hydrogens is 306 g/mol. The molecule has 0 spiro atoms. The molecule has 1 aliphatic heterocycles. The van der Waals surface area contributed by atoms with Crippen LogP contribution in [0.5, 0.6) is 5.75 Å². The highest BCUT2D eigenvalue weighted by Gasteiger charge is 2.37. The van der Waals surface area contributed by atoms with Crippen LogP contribution in [-0.4, -0.2) is 35.4 Å². The van der Waals surface area contributed by atoms with E-state index >= 15 is 0 Å². The number of benzene rings is 2. The van der Waals surface area contributed by atoms with Crippen molar-refractivity contribution in [3.8, 4) is 5.75 Å². The van der Waals surface area contributed by atoms with Gasteiger partial charge in [-0.3, -0.25) is 9.59 Å². The summed E-state index contributed by atoms with van der Waals surface area (Å²) in [5, 5.41) is 10.5. The normalized spacial score (nSPS) is 16.5. The van der Waals surface area contributed by atoms with E-state index < -0.39 is 5.91 Å². The minimum Gasteiger partial charge on any atom is -0.506 e. The highest BCUT2D eigenvalue weighted by atomic mass is 16.5. The lowest BCUT2D eigenvalue weighted by atomic mass is 10.1. The smallest absolute Gasteiger partial charge is 0.262 e. The van der Waals surface area contributed by atoms with E-state index in [9.17, 15) is 14.7 Å². The van der Waals surface area contributed by atoms with Gasteiger partial charge in [0.15, 0.2) is 5.78 Å². The standard InChI is InChI=1S/C19H17NO4/c1-24-16-10-6-5-9-14(16)18(22)17-15(21)12-20(19(17)23)11-13-7-3-2-4-8-13/h2-10,22H,11-12H2,1H3/b18-17+. The first-order valence-electron chi connectivity index (χ1n) is 7.55. The van der Waals surface area contributed by atoms with Gasteiger partial charge in [0, 0.05) is 6.54 Å². The lowest BCUT2D eigenvalue weighted by Gasteiger charge is -2.14. The maximum absolute atomic E-state index is 12.6. The first-order chi connectivity index (χ1) is 11.6. The second-order valence-corrected chi connectivity index (χ2v) is 5.49. The van der Waals surface area contributed by atoms with E-state index in [1.54, 1.807) is 24.3 Å². The molecule has 0 saturated carbocycles. The van der Waals surface area contributed by atoms with Crippen LogP contribution in [0.2, 0.25) is 0 Å². The number of ether oxygens (including phenoxy) is 1. The number of carbonyl (C=O) groups excluding carboxylic acids is 2. The summed E-state index contributed by atoms with van der Waals surface area (Å²) in [4.78, 5) is 26.3. The number of Topliss-reactive ketones (excluding diaryl/α,β-unsaturated/α-hetero) is 1. The molecule has 0 radical (unpaired) electrons. The predicted molar refractivity (Wildman–Crippen MR) is 89.4 cm³/mol. The average molecular weight is 323 g/mol. The number of amides is 1. The van der Waals surface area contributed by atoms with Crippen molar-refractivity contribution in [2.24, 2.45) is 0 Å². The highest BCUT2D eigenvalue weighted by Crippen LogP contribution is 2.29. The molecule has 5 nitrogen and oxygen atoms in total. The third-order valence-corrected chi connectivity index (χ3v) is 3.93. The fourth-order valence-corrected chi connectivity index (χ4v) is 2.74. The van der Waals surface area contributed by atoms with E-state index in [-0.39, 0.29) is 23.7 Å². The minimum atomic E-state index is -0.466. The van der Waals surface area contributed by atoms with Crippen molar-refractivity contribution < 1.29 is 19.4 Å². The number of nitrogens with zero attached hydrogens (tertiary/aromatic N) is 1. The fourth-order valence-electron chi connectivity index (χ4n) is 2.74. The van der Waals surface area contributed by atoms with Crippen molar-refractivity contribution in [1.82, 2.24) is 4.90 Å². The van der Waals surface area contributed by atoms with Crippen molar-refractivity contribution in [3.05, 3.63) is 71.3 Å². The maximum Gasteiger partial charge on any atom is 0.262 e. The van der Waals surface area contributed by atoms with Crippen molar-refractivity contribution in [2.75, 3.05) is 13.7 Å². The number of hydrogen-bond acceptors (Lipinski definition) is 4. The van der Waals surface area contributed by atoms with Gasteiger partial charge in [-0.1, -0.05) is 42.5 Å². The summed E-state index contributed by atoms with van der Waals surface area (Å²) in [5.74, 6) is -0.783. The van der Waals surface area contributed by atoms with Gasteiger partial charge in [-0.25, -0.2) is 0 Å². The number of ketones is 1. The van der Waals surface area contributed by atoms with Crippen LogP contribution in [0.15, 0.2) is 60.2 Å². The zero-order valence-electron chi connectivity index (χ0n) is 13.2. The van der Waals surface area contributed by atoms with Gasteiger partial charge in [0.1, 0.15) is 17.1 Å². The zero-order valence-corrected chi connectivity index (χ0v) is 13.2. The Hall–Kier alpha value is -3.08. The molecule has 122 valence electrons. The molecule has 0 bridgehead atoms. The Bertz CT molecular complexity index is 811. The molecule has 2 aromatic rings. The van der Waals surface area contributed by atoms with Crippen molar-refractivity contribution in [1.29, 1.82) is 0 Å². The quantitative estimate of drug-likeness (QED) is 0.533. The molecule has 1 aliphatic rings. The van der Waals surface area contributed by atoms with Gasteiger partial charge in [0.25, 0.3) is 5.91 Å². The Labute approximate surface area is 139 Å². The molecule has 5 heteroatoms. The first kappa shape index (κ1) is 15.8. The number of likely N-dealkylation sites (tertiary alicyclic amines) is 1.